The number of hydrogen-bond acceptors (Lipinski definition) is 2. The standard InChI is InChI=1S/C14H10ClF3N2O/c1-8-2-3-10(7-11(8)14(16,17)18)20-13(21)9-4-5-19-12(15)6-9/h2-7H,1H3,(H,20,21). The van der Waals surface area contributed by atoms with E-state index in [1.165, 1.54) is 37.4 Å². The van der Waals surface area contributed by atoms with Crippen LogP contribution in [0.3, 0.4) is 0 Å². The van der Waals surface area contributed by atoms with E-state index in [-0.39, 0.29) is 22.0 Å². The molecule has 110 valence electrons. The molecule has 0 aliphatic rings. The summed E-state index contributed by atoms with van der Waals surface area (Å²) in [5, 5.41) is 2.53. The van der Waals surface area contributed by atoms with Crippen LogP contribution in [-0.2, 0) is 6.18 Å². The third-order valence-electron chi connectivity index (χ3n) is 2.79. The maximum atomic E-state index is 12.8. The first-order valence-corrected chi connectivity index (χ1v) is 6.26. The molecule has 2 aromatic rings. The van der Waals surface area contributed by atoms with E-state index in [0.29, 0.717) is 0 Å². The van der Waals surface area contributed by atoms with Crippen LogP contribution in [-0.4, -0.2) is 10.9 Å². The molecular weight excluding hydrogens is 305 g/mol. The first-order valence-electron chi connectivity index (χ1n) is 5.88. The van der Waals surface area contributed by atoms with Gasteiger partial charge in [0, 0.05) is 17.4 Å². The first kappa shape index (κ1) is 15.3. The van der Waals surface area contributed by atoms with Gasteiger partial charge in [0.2, 0.25) is 0 Å². The van der Waals surface area contributed by atoms with E-state index in [4.69, 9.17) is 11.6 Å². The predicted molar refractivity (Wildman–Crippen MR) is 73.4 cm³/mol. The van der Waals surface area contributed by atoms with E-state index in [2.05, 4.69) is 10.3 Å². The second-order valence-corrected chi connectivity index (χ2v) is 4.74. The zero-order valence-electron chi connectivity index (χ0n) is 10.8. The highest BCUT2D eigenvalue weighted by molar-refractivity contribution is 6.29. The van der Waals surface area contributed by atoms with E-state index >= 15 is 0 Å². The van der Waals surface area contributed by atoms with Crippen LogP contribution in [0.4, 0.5) is 18.9 Å². The van der Waals surface area contributed by atoms with Crippen molar-refractivity contribution in [1.82, 2.24) is 4.98 Å². The summed E-state index contributed by atoms with van der Waals surface area (Å²) in [5.41, 5.74) is -0.421. The molecule has 1 aromatic carbocycles. The van der Waals surface area contributed by atoms with Gasteiger partial charge in [-0.15, -0.1) is 0 Å². The van der Waals surface area contributed by atoms with Gasteiger partial charge in [0.05, 0.1) is 5.56 Å². The summed E-state index contributed by atoms with van der Waals surface area (Å²) in [7, 11) is 0. The van der Waals surface area contributed by atoms with Crippen molar-refractivity contribution in [2.75, 3.05) is 5.32 Å². The number of carbonyl (C=O) groups is 1. The molecule has 0 unspecified atom stereocenters. The SMILES string of the molecule is Cc1ccc(NC(=O)c2ccnc(Cl)c2)cc1C(F)(F)F. The van der Waals surface area contributed by atoms with Crippen LogP contribution in [0.5, 0.6) is 0 Å². The van der Waals surface area contributed by atoms with Crippen molar-refractivity contribution in [1.29, 1.82) is 0 Å². The van der Waals surface area contributed by atoms with E-state index in [1.807, 2.05) is 0 Å². The van der Waals surface area contributed by atoms with Crippen LogP contribution < -0.4 is 5.32 Å². The van der Waals surface area contributed by atoms with Crippen molar-refractivity contribution in [2.45, 2.75) is 13.1 Å². The average Bonchev–Trinajstić information content (AvgIpc) is 2.39. The number of pyridine rings is 1. The molecule has 0 bridgehead atoms. The lowest BCUT2D eigenvalue weighted by atomic mass is 10.1. The molecule has 1 N–H and O–H groups in total. The molecule has 21 heavy (non-hydrogen) atoms. The molecule has 0 atom stereocenters. The minimum atomic E-state index is -4.47. The van der Waals surface area contributed by atoms with Gasteiger partial charge in [0.1, 0.15) is 5.15 Å². The molecule has 1 aromatic heterocycles. The Hall–Kier alpha value is -2.08. The van der Waals surface area contributed by atoms with Crippen LogP contribution in [0.25, 0.3) is 0 Å². The number of halogens is 4. The third kappa shape index (κ3) is 3.72. The van der Waals surface area contributed by atoms with Gasteiger partial charge in [-0.1, -0.05) is 17.7 Å². The smallest absolute Gasteiger partial charge is 0.322 e. The van der Waals surface area contributed by atoms with Crippen molar-refractivity contribution in [2.24, 2.45) is 0 Å². The second-order valence-electron chi connectivity index (χ2n) is 4.35. The second kappa shape index (κ2) is 5.73. The normalized spacial score (nSPS) is 11.3. The molecule has 3 nitrogen and oxygen atoms in total. The number of nitrogens with one attached hydrogen (secondary N) is 1. The fraction of sp³-hybridized carbons (Fsp3) is 0.143. The van der Waals surface area contributed by atoms with Gasteiger partial charge in [-0.25, -0.2) is 4.98 Å². The average molecular weight is 315 g/mol. The highest BCUT2D eigenvalue weighted by atomic mass is 35.5. The quantitative estimate of drug-likeness (QED) is 0.839. The van der Waals surface area contributed by atoms with Gasteiger partial charge in [0.25, 0.3) is 5.91 Å². The minimum absolute atomic E-state index is 0.0610. The van der Waals surface area contributed by atoms with Crippen molar-refractivity contribution in [3.8, 4) is 0 Å². The summed E-state index contributed by atoms with van der Waals surface area (Å²) < 4.78 is 38.4. The molecule has 0 aliphatic heterocycles. The topological polar surface area (TPSA) is 42.0 Å². The summed E-state index contributed by atoms with van der Waals surface area (Å²) in [6.45, 7) is 1.36. The molecule has 0 saturated carbocycles. The van der Waals surface area contributed by atoms with Gasteiger partial charge in [0.15, 0.2) is 0 Å². The lowest BCUT2D eigenvalue weighted by Crippen LogP contribution is -2.14. The number of benzene rings is 1. The fourth-order valence-corrected chi connectivity index (χ4v) is 1.93. The highest BCUT2D eigenvalue weighted by Crippen LogP contribution is 2.33. The molecule has 0 fully saturated rings. The summed E-state index contributed by atoms with van der Waals surface area (Å²) in [4.78, 5) is 15.7. The van der Waals surface area contributed by atoms with Crippen LogP contribution in [0.1, 0.15) is 21.5 Å². The third-order valence-corrected chi connectivity index (χ3v) is 3.00. The minimum Gasteiger partial charge on any atom is -0.322 e. The van der Waals surface area contributed by atoms with E-state index in [1.54, 1.807) is 0 Å². The Morgan fingerprint density at radius 2 is 1.95 bits per heavy atom. The Labute approximate surface area is 123 Å². The fourth-order valence-electron chi connectivity index (χ4n) is 1.75. The number of carbonyl (C=O) groups excluding carboxylic acids is 1. The number of amides is 1. The van der Waals surface area contributed by atoms with Crippen molar-refractivity contribution < 1.29 is 18.0 Å². The molecule has 7 heteroatoms. The zero-order chi connectivity index (χ0) is 15.6. The Morgan fingerprint density at radius 1 is 1.24 bits per heavy atom. The van der Waals surface area contributed by atoms with Gasteiger partial charge >= 0.3 is 6.18 Å². The maximum Gasteiger partial charge on any atom is 0.416 e. The van der Waals surface area contributed by atoms with E-state index in [9.17, 15) is 18.0 Å². The number of aryl methyl sites for hydroxylation is 1. The summed E-state index contributed by atoms with van der Waals surface area (Å²) in [5.74, 6) is -0.559. The number of aromatic nitrogens is 1. The lowest BCUT2D eigenvalue weighted by Gasteiger charge is -2.12. The number of hydrogen-bond donors (Lipinski definition) is 1. The van der Waals surface area contributed by atoms with Crippen molar-refractivity contribution >= 4 is 23.2 Å². The van der Waals surface area contributed by atoms with Gasteiger partial charge < -0.3 is 5.32 Å². The Morgan fingerprint density at radius 3 is 2.57 bits per heavy atom. The molecule has 1 heterocycles. The Kier molecular flexibility index (Phi) is 4.18. The Bertz CT molecular complexity index is 686. The van der Waals surface area contributed by atoms with Crippen LogP contribution in [0.15, 0.2) is 36.5 Å². The largest absolute Gasteiger partial charge is 0.416 e. The van der Waals surface area contributed by atoms with Gasteiger partial charge in [-0.3, -0.25) is 4.79 Å². The van der Waals surface area contributed by atoms with E-state index in [0.717, 1.165) is 6.07 Å². The number of anilines is 1. The van der Waals surface area contributed by atoms with Crippen LogP contribution >= 0.6 is 11.6 Å². The monoisotopic (exact) mass is 314 g/mol. The van der Waals surface area contributed by atoms with Gasteiger partial charge in [-0.2, -0.15) is 13.2 Å². The number of rotatable bonds is 2. The van der Waals surface area contributed by atoms with Gasteiger partial charge in [-0.05, 0) is 36.8 Å². The van der Waals surface area contributed by atoms with E-state index < -0.39 is 17.6 Å². The Balaban J connectivity index is 2.26. The number of alkyl halides is 3. The van der Waals surface area contributed by atoms with Crippen LogP contribution in [0.2, 0.25) is 5.15 Å². The molecule has 0 aliphatic carbocycles. The number of nitrogens with zero attached hydrogens (tertiary/aromatic N) is 1. The molecular formula is C14H10ClF3N2O. The molecule has 0 saturated heterocycles. The molecule has 1 amide bonds. The summed E-state index contributed by atoms with van der Waals surface area (Å²) >= 11 is 5.66. The molecule has 2 rings (SSSR count). The zero-order valence-corrected chi connectivity index (χ0v) is 11.6. The maximum absolute atomic E-state index is 12.8. The highest BCUT2D eigenvalue weighted by Gasteiger charge is 2.32. The first-order chi connectivity index (χ1) is 9.77. The predicted octanol–water partition coefficient (Wildman–Crippen LogP) is 4.31. The summed E-state index contributed by atoms with van der Waals surface area (Å²) in [6.07, 6.45) is -3.13. The molecule has 0 radical (unpaired) electrons. The molecule has 0 spiro atoms. The lowest BCUT2D eigenvalue weighted by molar-refractivity contribution is -0.138. The summed E-state index contributed by atoms with van der Waals surface area (Å²) in [6, 6.07) is 6.36. The van der Waals surface area contributed by atoms with Crippen molar-refractivity contribution in [3.05, 3.63) is 58.4 Å². The van der Waals surface area contributed by atoms with Crippen molar-refractivity contribution in [3.63, 3.8) is 0 Å². The van der Waals surface area contributed by atoms with Crippen LogP contribution in [0, 0.1) is 6.92 Å².